The number of nitrogen functional groups attached to an aromatic ring is 1. The molecule has 4 N–H and O–H groups in total. The third-order valence-corrected chi connectivity index (χ3v) is 4.32. The van der Waals surface area contributed by atoms with E-state index in [4.69, 9.17) is 10.2 Å². The van der Waals surface area contributed by atoms with Gasteiger partial charge >= 0.3 is 0 Å². The van der Waals surface area contributed by atoms with Crippen molar-refractivity contribution in [3.63, 3.8) is 0 Å². The lowest BCUT2D eigenvalue weighted by molar-refractivity contribution is 0.153. The van der Waals surface area contributed by atoms with Gasteiger partial charge in [-0.05, 0) is 49.8 Å². The molecule has 0 saturated heterocycles. The fourth-order valence-corrected chi connectivity index (χ4v) is 2.86. The average molecular weight is 275 g/mol. The first-order valence-corrected chi connectivity index (χ1v) is 7.15. The van der Waals surface area contributed by atoms with Crippen LogP contribution in [0.5, 0.6) is 0 Å². The summed E-state index contributed by atoms with van der Waals surface area (Å²) in [5, 5.41) is 13.1. The molecule has 0 radical (unpaired) electrons. The van der Waals surface area contributed by atoms with Gasteiger partial charge in [-0.2, -0.15) is 4.98 Å². The number of fused-ring (bicyclic) bond motifs is 1. The molecular formula is C15H21N3O2. The summed E-state index contributed by atoms with van der Waals surface area (Å²) >= 11 is 0. The van der Waals surface area contributed by atoms with Gasteiger partial charge in [-0.15, -0.1) is 0 Å². The Hall–Kier alpha value is -1.75. The maximum absolute atomic E-state index is 9.76. The van der Waals surface area contributed by atoms with Crippen LogP contribution in [0, 0.1) is 5.92 Å². The maximum atomic E-state index is 9.76. The lowest BCUT2D eigenvalue weighted by Gasteiger charge is -2.38. The fraction of sp³-hybridized carbons (Fsp3) is 0.533. The highest BCUT2D eigenvalue weighted by Gasteiger charge is 2.34. The fourth-order valence-electron chi connectivity index (χ4n) is 2.86. The van der Waals surface area contributed by atoms with Gasteiger partial charge in [0.25, 0.3) is 6.01 Å². The molecule has 1 aliphatic rings. The number of aromatic nitrogens is 1. The molecule has 1 aromatic carbocycles. The summed E-state index contributed by atoms with van der Waals surface area (Å²) < 4.78 is 5.69. The van der Waals surface area contributed by atoms with Gasteiger partial charge in [0.1, 0.15) is 5.52 Å². The Bertz CT molecular complexity index is 600. The van der Waals surface area contributed by atoms with Crippen molar-refractivity contribution in [1.82, 2.24) is 4.98 Å². The van der Waals surface area contributed by atoms with Crippen molar-refractivity contribution < 1.29 is 9.52 Å². The van der Waals surface area contributed by atoms with Crippen LogP contribution in [0.4, 0.5) is 11.7 Å². The van der Waals surface area contributed by atoms with Crippen molar-refractivity contribution >= 4 is 22.8 Å². The van der Waals surface area contributed by atoms with Crippen LogP contribution in [0.15, 0.2) is 22.6 Å². The zero-order valence-corrected chi connectivity index (χ0v) is 11.7. The van der Waals surface area contributed by atoms with Gasteiger partial charge in [0.2, 0.25) is 0 Å². The summed E-state index contributed by atoms with van der Waals surface area (Å²) in [5.41, 5.74) is 7.55. The first-order chi connectivity index (χ1) is 9.60. The van der Waals surface area contributed by atoms with Crippen molar-refractivity contribution in [3.8, 4) is 0 Å². The lowest BCUT2D eigenvalue weighted by Crippen LogP contribution is -2.45. The van der Waals surface area contributed by atoms with Crippen molar-refractivity contribution in [1.29, 1.82) is 0 Å². The Kier molecular flexibility index (Phi) is 3.30. The molecule has 0 amide bonds. The number of hydrogen-bond donors (Lipinski definition) is 3. The van der Waals surface area contributed by atoms with Crippen molar-refractivity contribution in [2.45, 2.75) is 38.1 Å². The van der Waals surface area contributed by atoms with Crippen LogP contribution in [0.25, 0.3) is 11.1 Å². The van der Waals surface area contributed by atoms with Gasteiger partial charge in [-0.3, -0.25) is 0 Å². The molecule has 1 saturated carbocycles. The number of hydrogen-bond acceptors (Lipinski definition) is 5. The number of aliphatic hydroxyl groups is 1. The molecular weight excluding hydrogens is 254 g/mol. The van der Waals surface area contributed by atoms with Gasteiger partial charge in [0, 0.05) is 5.69 Å². The van der Waals surface area contributed by atoms with E-state index < -0.39 is 0 Å². The van der Waals surface area contributed by atoms with E-state index in [0.29, 0.717) is 17.3 Å². The van der Waals surface area contributed by atoms with Gasteiger partial charge in [0.05, 0.1) is 12.1 Å². The molecule has 108 valence electrons. The first kappa shape index (κ1) is 13.2. The van der Waals surface area contributed by atoms with Crippen LogP contribution in [0.1, 0.15) is 32.6 Å². The van der Waals surface area contributed by atoms with Crippen molar-refractivity contribution in [3.05, 3.63) is 18.2 Å². The van der Waals surface area contributed by atoms with Crippen LogP contribution in [-0.4, -0.2) is 22.2 Å². The Balaban J connectivity index is 1.84. The predicted molar refractivity (Wildman–Crippen MR) is 79.5 cm³/mol. The SMILES string of the molecule is CC1CCC(CO)(Nc2nc3cc(N)ccc3o2)CC1. The second-order valence-corrected chi connectivity index (χ2v) is 5.99. The molecule has 1 aliphatic carbocycles. The molecule has 0 atom stereocenters. The van der Waals surface area contributed by atoms with E-state index in [1.807, 2.05) is 6.07 Å². The molecule has 1 aromatic heterocycles. The smallest absolute Gasteiger partial charge is 0.296 e. The van der Waals surface area contributed by atoms with Crippen molar-refractivity contribution in [2.24, 2.45) is 5.92 Å². The van der Waals surface area contributed by atoms with E-state index in [9.17, 15) is 5.11 Å². The molecule has 0 spiro atoms. The average Bonchev–Trinajstić information content (AvgIpc) is 2.83. The van der Waals surface area contributed by atoms with Gasteiger partial charge in [-0.25, -0.2) is 0 Å². The van der Waals surface area contributed by atoms with Gasteiger partial charge < -0.3 is 20.6 Å². The Morgan fingerprint density at radius 3 is 2.90 bits per heavy atom. The number of benzene rings is 1. The number of nitrogens with zero attached hydrogens (tertiary/aromatic N) is 1. The number of aliphatic hydroxyl groups excluding tert-OH is 1. The molecule has 0 bridgehead atoms. The number of nitrogens with two attached hydrogens (primary N) is 1. The van der Waals surface area contributed by atoms with Crippen LogP contribution in [0.2, 0.25) is 0 Å². The minimum Gasteiger partial charge on any atom is -0.424 e. The third kappa shape index (κ3) is 2.45. The summed E-state index contributed by atoms with van der Waals surface area (Å²) in [5.74, 6) is 0.722. The Morgan fingerprint density at radius 2 is 2.20 bits per heavy atom. The first-order valence-electron chi connectivity index (χ1n) is 7.15. The molecule has 5 nitrogen and oxygen atoms in total. The summed E-state index contributed by atoms with van der Waals surface area (Å²) in [7, 11) is 0. The molecule has 2 aromatic rings. The Labute approximate surface area is 118 Å². The zero-order chi connectivity index (χ0) is 14.2. The predicted octanol–water partition coefficient (Wildman–Crippen LogP) is 2.76. The zero-order valence-electron chi connectivity index (χ0n) is 11.7. The molecule has 5 heteroatoms. The summed E-state index contributed by atoms with van der Waals surface area (Å²) in [4.78, 5) is 4.41. The van der Waals surface area contributed by atoms with E-state index in [-0.39, 0.29) is 12.1 Å². The normalized spacial score (nSPS) is 26.8. The number of nitrogens with one attached hydrogen (secondary N) is 1. The minimum atomic E-state index is -0.307. The molecule has 20 heavy (non-hydrogen) atoms. The molecule has 0 aliphatic heterocycles. The molecule has 1 heterocycles. The molecule has 0 unspecified atom stereocenters. The van der Waals surface area contributed by atoms with Crippen LogP contribution >= 0.6 is 0 Å². The minimum absolute atomic E-state index is 0.0978. The van der Waals surface area contributed by atoms with E-state index in [0.717, 1.165) is 37.1 Å². The highest BCUT2D eigenvalue weighted by molar-refractivity contribution is 5.78. The van der Waals surface area contributed by atoms with E-state index in [2.05, 4.69) is 17.2 Å². The van der Waals surface area contributed by atoms with Crippen LogP contribution < -0.4 is 11.1 Å². The maximum Gasteiger partial charge on any atom is 0.296 e. The molecule has 3 rings (SSSR count). The third-order valence-electron chi connectivity index (χ3n) is 4.32. The summed E-state index contributed by atoms with van der Waals surface area (Å²) in [6.45, 7) is 2.35. The second kappa shape index (κ2) is 4.98. The van der Waals surface area contributed by atoms with E-state index in [1.165, 1.54) is 0 Å². The van der Waals surface area contributed by atoms with Crippen LogP contribution in [-0.2, 0) is 0 Å². The number of anilines is 2. The number of oxazole rings is 1. The monoisotopic (exact) mass is 275 g/mol. The number of rotatable bonds is 3. The van der Waals surface area contributed by atoms with Crippen molar-refractivity contribution in [2.75, 3.05) is 17.7 Å². The van der Waals surface area contributed by atoms with E-state index >= 15 is 0 Å². The summed E-state index contributed by atoms with van der Waals surface area (Å²) in [6, 6.07) is 5.87. The van der Waals surface area contributed by atoms with Crippen LogP contribution in [0.3, 0.4) is 0 Å². The largest absolute Gasteiger partial charge is 0.424 e. The highest BCUT2D eigenvalue weighted by Crippen LogP contribution is 2.35. The standard InChI is InChI=1S/C15H21N3O2/c1-10-4-6-15(9-19,7-5-10)18-14-17-12-8-11(16)2-3-13(12)20-14/h2-3,8,10,19H,4-7,9,16H2,1H3,(H,17,18). The molecule has 1 fully saturated rings. The quantitative estimate of drug-likeness (QED) is 0.750. The highest BCUT2D eigenvalue weighted by atomic mass is 16.4. The van der Waals surface area contributed by atoms with Gasteiger partial charge in [0.15, 0.2) is 5.58 Å². The topological polar surface area (TPSA) is 84.3 Å². The lowest BCUT2D eigenvalue weighted by atomic mass is 9.77. The van der Waals surface area contributed by atoms with E-state index in [1.54, 1.807) is 12.1 Å². The second-order valence-electron chi connectivity index (χ2n) is 5.99. The summed E-state index contributed by atoms with van der Waals surface area (Å²) in [6.07, 6.45) is 4.10. The van der Waals surface area contributed by atoms with Gasteiger partial charge in [-0.1, -0.05) is 6.92 Å². The Morgan fingerprint density at radius 1 is 1.45 bits per heavy atom.